The summed E-state index contributed by atoms with van der Waals surface area (Å²) in [7, 11) is 0. The van der Waals surface area contributed by atoms with Gasteiger partial charge in [-0.1, -0.05) is 18.2 Å². The summed E-state index contributed by atoms with van der Waals surface area (Å²) >= 11 is 0. The summed E-state index contributed by atoms with van der Waals surface area (Å²) in [6.45, 7) is 1.96. The van der Waals surface area contributed by atoms with Gasteiger partial charge in [-0.05, 0) is 47.9 Å². The SMILES string of the molecule is Cc1ccc(F)cc1-c1cccc(N)c1. The molecule has 2 rings (SSSR count). The predicted octanol–water partition coefficient (Wildman–Crippen LogP) is 3.38. The Morgan fingerprint density at radius 3 is 2.60 bits per heavy atom. The van der Waals surface area contributed by atoms with E-state index in [-0.39, 0.29) is 5.82 Å². The average Bonchev–Trinajstić information content (AvgIpc) is 2.22. The Bertz CT molecular complexity index is 492. The van der Waals surface area contributed by atoms with E-state index in [4.69, 9.17) is 5.73 Å². The van der Waals surface area contributed by atoms with Gasteiger partial charge < -0.3 is 5.73 Å². The monoisotopic (exact) mass is 201 g/mol. The zero-order chi connectivity index (χ0) is 10.8. The molecule has 0 bridgehead atoms. The van der Waals surface area contributed by atoms with Crippen LogP contribution in [0.1, 0.15) is 5.56 Å². The van der Waals surface area contributed by atoms with Crippen molar-refractivity contribution in [3.8, 4) is 11.1 Å². The first-order chi connectivity index (χ1) is 7.16. The first kappa shape index (κ1) is 9.71. The van der Waals surface area contributed by atoms with Gasteiger partial charge in [0.2, 0.25) is 0 Å². The Morgan fingerprint density at radius 1 is 1.07 bits per heavy atom. The molecule has 0 amide bonds. The van der Waals surface area contributed by atoms with Gasteiger partial charge in [0.05, 0.1) is 0 Å². The van der Waals surface area contributed by atoms with Gasteiger partial charge >= 0.3 is 0 Å². The van der Waals surface area contributed by atoms with Crippen LogP contribution in [0.4, 0.5) is 10.1 Å². The third kappa shape index (κ3) is 1.99. The van der Waals surface area contributed by atoms with E-state index >= 15 is 0 Å². The van der Waals surface area contributed by atoms with E-state index in [9.17, 15) is 4.39 Å². The van der Waals surface area contributed by atoms with Crippen molar-refractivity contribution in [1.29, 1.82) is 0 Å². The Labute approximate surface area is 88.4 Å². The van der Waals surface area contributed by atoms with Crippen molar-refractivity contribution in [3.05, 3.63) is 53.8 Å². The minimum absolute atomic E-state index is 0.224. The average molecular weight is 201 g/mol. The van der Waals surface area contributed by atoms with E-state index in [1.165, 1.54) is 12.1 Å². The molecule has 0 saturated heterocycles. The van der Waals surface area contributed by atoms with Crippen LogP contribution in [0.3, 0.4) is 0 Å². The molecule has 0 aliphatic rings. The van der Waals surface area contributed by atoms with Crippen LogP contribution in [0.15, 0.2) is 42.5 Å². The van der Waals surface area contributed by atoms with Crippen molar-refractivity contribution in [2.24, 2.45) is 0 Å². The molecular formula is C13H12FN. The lowest BCUT2D eigenvalue weighted by Crippen LogP contribution is -1.88. The predicted molar refractivity (Wildman–Crippen MR) is 61.0 cm³/mol. The normalized spacial score (nSPS) is 10.3. The first-order valence-corrected chi connectivity index (χ1v) is 4.79. The number of benzene rings is 2. The highest BCUT2D eigenvalue weighted by molar-refractivity contribution is 5.70. The molecule has 0 saturated carbocycles. The van der Waals surface area contributed by atoms with Gasteiger partial charge in [0.15, 0.2) is 0 Å². The van der Waals surface area contributed by atoms with Crippen molar-refractivity contribution in [3.63, 3.8) is 0 Å². The van der Waals surface area contributed by atoms with Crippen LogP contribution in [0.2, 0.25) is 0 Å². The van der Waals surface area contributed by atoms with Gasteiger partial charge in [-0.15, -0.1) is 0 Å². The lowest BCUT2D eigenvalue weighted by Gasteiger charge is -2.06. The highest BCUT2D eigenvalue weighted by Crippen LogP contribution is 2.25. The molecule has 2 N–H and O–H groups in total. The number of nitrogens with two attached hydrogens (primary N) is 1. The Balaban J connectivity index is 2.58. The molecule has 0 atom stereocenters. The topological polar surface area (TPSA) is 26.0 Å². The van der Waals surface area contributed by atoms with E-state index in [0.717, 1.165) is 16.7 Å². The molecule has 0 heterocycles. The van der Waals surface area contributed by atoms with Crippen molar-refractivity contribution in [2.75, 3.05) is 5.73 Å². The maximum Gasteiger partial charge on any atom is 0.123 e. The molecule has 2 aromatic rings. The molecule has 0 aliphatic carbocycles. The van der Waals surface area contributed by atoms with Crippen LogP contribution in [-0.4, -0.2) is 0 Å². The number of hydrogen-bond donors (Lipinski definition) is 1. The highest BCUT2D eigenvalue weighted by Gasteiger charge is 2.03. The molecule has 0 spiro atoms. The van der Waals surface area contributed by atoms with Gasteiger partial charge in [0, 0.05) is 5.69 Å². The van der Waals surface area contributed by atoms with Gasteiger partial charge in [0.25, 0.3) is 0 Å². The number of anilines is 1. The zero-order valence-electron chi connectivity index (χ0n) is 8.50. The number of nitrogen functional groups attached to an aromatic ring is 1. The quantitative estimate of drug-likeness (QED) is 0.703. The molecule has 0 fully saturated rings. The minimum Gasteiger partial charge on any atom is -0.399 e. The number of halogens is 1. The molecular weight excluding hydrogens is 189 g/mol. The number of aryl methyl sites for hydroxylation is 1. The number of rotatable bonds is 1. The van der Waals surface area contributed by atoms with Crippen LogP contribution < -0.4 is 5.73 Å². The van der Waals surface area contributed by atoms with Crippen LogP contribution in [0.5, 0.6) is 0 Å². The maximum atomic E-state index is 13.1. The standard InChI is InChI=1S/C13H12FN/c1-9-5-6-11(14)8-13(9)10-3-2-4-12(15)7-10/h2-8H,15H2,1H3. The van der Waals surface area contributed by atoms with E-state index in [1.807, 2.05) is 31.2 Å². The van der Waals surface area contributed by atoms with Crippen LogP contribution in [0, 0.1) is 12.7 Å². The maximum absolute atomic E-state index is 13.1. The lowest BCUT2D eigenvalue weighted by atomic mass is 10.0. The Kier molecular flexibility index (Phi) is 2.42. The largest absolute Gasteiger partial charge is 0.399 e. The molecule has 0 aliphatic heterocycles. The van der Waals surface area contributed by atoms with Crippen LogP contribution in [0.25, 0.3) is 11.1 Å². The van der Waals surface area contributed by atoms with Crippen LogP contribution >= 0.6 is 0 Å². The van der Waals surface area contributed by atoms with Crippen molar-refractivity contribution < 1.29 is 4.39 Å². The second kappa shape index (κ2) is 3.73. The molecule has 0 unspecified atom stereocenters. The van der Waals surface area contributed by atoms with Crippen molar-refractivity contribution in [1.82, 2.24) is 0 Å². The molecule has 0 radical (unpaired) electrons. The van der Waals surface area contributed by atoms with E-state index < -0.39 is 0 Å². The van der Waals surface area contributed by atoms with Gasteiger partial charge in [-0.3, -0.25) is 0 Å². The second-order valence-corrected chi connectivity index (χ2v) is 3.58. The Hall–Kier alpha value is -1.83. The van der Waals surface area contributed by atoms with Crippen molar-refractivity contribution in [2.45, 2.75) is 6.92 Å². The van der Waals surface area contributed by atoms with E-state index in [1.54, 1.807) is 6.07 Å². The van der Waals surface area contributed by atoms with Crippen LogP contribution in [-0.2, 0) is 0 Å². The van der Waals surface area contributed by atoms with Gasteiger partial charge in [-0.25, -0.2) is 4.39 Å². The molecule has 2 heteroatoms. The van der Waals surface area contributed by atoms with Crippen molar-refractivity contribution >= 4 is 5.69 Å². The Morgan fingerprint density at radius 2 is 1.87 bits per heavy atom. The summed E-state index contributed by atoms with van der Waals surface area (Å²) in [6, 6.07) is 12.2. The van der Waals surface area contributed by atoms with E-state index in [0.29, 0.717) is 5.69 Å². The molecule has 0 aromatic heterocycles. The lowest BCUT2D eigenvalue weighted by molar-refractivity contribution is 0.628. The summed E-state index contributed by atoms with van der Waals surface area (Å²) in [5.41, 5.74) is 9.27. The summed E-state index contributed by atoms with van der Waals surface area (Å²) in [6.07, 6.45) is 0. The highest BCUT2D eigenvalue weighted by atomic mass is 19.1. The molecule has 2 aromatic carbocycles. The number of hydrogen-bond acceptors (Lipinski definition) is 1. The summed E-state index contributed by atoms with van der Waals surface area (Å²) in [5.74, 6) is -0.224. The molecule has 76 valence electrons. The van der Waals surface area contributed by atoms with E-state index in [2.05, 4.69) is 0 Å². The fourth-order valence-electron chi connectivity index (χ4n) is 1.61. The molecule has 1 nitrogen and oxygen atoms in total. The fraction of sp³-hybridized carbons (Fsp3) is 0.0769. The zero-order valence-corrected chi connectivity index (χ0v) is 8.50. The third-order valence-electron chi connectivity index (χ3n) is 2.40. The first-order valence-electron chi connectivity index (χ1n) is 4.79. The summed E-state index contributed by atoms with van der Waals surface area (Å²) in [5, 5.41) is 0. The summed E-state index contributed by atoms with van der Waals surface area (Å²) < 4.78 is 13.1. The third-order valence-corrected chi connectivity index (χ3v) is 2.40. The molecule has 15 heavy (non-hydrogen) atoms. The van der Waals surface area contributed by atoms with Gasteiger partial charge in [-0.2, -0.15) is 0 Å². The fourth-order valence-corrected chi connectivity index (χ4v) is 1.61. The van der Waals surface area contributed by atoms with Gasteiger partial charge in [0.1, 0.15) is 5.82 Å². The second-order valence-electron chi connectivity index (χ2n) is 3.58. The smallest absolute Gasteiger partial charge is 0.123 e. The summed E-state index contributed by atoms with van der Waals surface area (Å²) in [4.78, 5) is 0. The minimum atomic E-state index is -0.224.